The monoisotopic (exact) mass is 221 g/mol. The second-order valence-electron chi connectivity index (χ2n) is 4.28. The standard InChI is InChI=1S/C13H19NO2/c1-9(5-6-14)11-3-4-12-13(10(11)2)16-8-7-15-12/h3-4,9H,5-8,14H2,1-2H3. The van der Waals surface area contributed by atoms with Gasteiger partial charge in [-0.2, -0.15) is 0 Å². The Hall–Kier alpha value is -1.22. The quantitative estimate of drug-likeness (QED) is 0.851. The van der Waals surface area contributed by atoms with Gasteiger partial charge in [-0.1, -0.05) is 13.0 Å². The van der Waals surface area contributed by atoms with Gasteiger partial charge in [0.1, 0.15) is 13.2 Å². The fourth-order valence-electron chi connectivity index (χ4n) is 2.21. The van der Waals surface area contributed by atoms with Crippen LogP contribution < -0.4 is 15.2 Å². The zero-order valence-corrected chi connectivity index (χ0v) is 9.95. The number of hydrogen-bond acceptors (Lipinski definition) is 3. The van der Waals surface area contributed by atoms with E-state index >= 15 is 0 Å². The van der Waals surface area contributed by atoms with Gasteiger partial charge in [0.15, 0.2) is 11.5 Å². The first kappa shape index (κ1) is 11.3. The smallest absolute Gasteiger partial charge is 0.164 e. The van der Waals surface area contributed by atoms with E-state index in [0.717, 1.165) is 24.5 Å². The summed E-state index contributed by atoms with van der Waals surface area (Å²) in [5, 5.41) is 0. The van der Waals surface area contributed by atoms with Gasteiger partial charge in [0.2, 0.25) is 0 Å². The second-order valence-corrected chi connectivity index (χ2v) is 4.28. The molecule has 0 aromatic heterocycles. The number of ether oxygens (including phenoxy) is 2. The van der Waals surface area contributed by atoms with Crippen molar-refractivity contribution in [3.8, 4) is 11.5 Å². The molecular weight excluding hydrogens is 202 g/mol. The summed E-state index contributed by atoms with van der Waals surface area (Å²) in [5.41, 5.74) is 8.11. The van der Waals surface area contributed by atoms with E-state index in [1.807, 2.05) is 6.07 Å². The average molecular weight is 221 g/mol. The first-order chi connectivity index (χ1) is 7.74. The normalized spacial score (nSPS) is 15.9. The van der Waals surface area contributed by atoms with E-state index in [9.17, 15) is 0 Å². The fourth-order valence-corrected chi connectivity index (χ4v) is 2.21. The van der Waals surface area contributed by atoms with Crippen LogP contribution in [0.5, 0.6) is 11.5 Å². The van der Waals surface area contributed by atoms with E-state index in [1.54, 1.807) is 0 Å². The Bertz CT molecular complexity index is 376. The van der Waals surface area contributed by atoms with Gasteiger partial charge in [-0.3, -0.25) is 0 Å². The molecule has 3 heteroatoms. The van der Waals surface area contributed by atoms with Crippen molar-refractivity contribution in [3.63, 3.8) is 0 Å². The van der Waals surface area contributed by atoms with Crippen LogP contribution in [0.25, 0.3) is 0 Å². The van der Waals surface area contributed by atoms with Crippen molar-refractivity contribution in [1.82, 2.24) is 0 Å². The summed E-state index contributed by atoms with van der Waals surface area (Å²) in [4.78, 5) is 0. The Kier molecular flexibility index (Phi) is 3.34. The molecule has 0 bridgehead atoms. The third kappa shape index (κ3) is 2.00. The van der Waals surface area contributed by atoms with E-state index in [0.29, 0.717) is 19.1 Å². The lowest BCUT2D eigenvalue weighted by molar-refractivity contribution is 0.170. The van der Waals surface area contributed by atoms with E-state index < -0.39 is 0 Å². The van der Waals surface area contributed by atoms with Crippen molar-refractivity contribution in [2.45, 2.75) is 26.2 Å². The Morgan fingerprint density at radius 1 is 1.31 bits per heavy atom. The maximum atomic E-state index is 5.67. The summed E-state index contributed by atoms with van der Waals surface area (Å²) in [7, 11) is 0. The number of rotatable bonds is 3. The molecule has 1 aliphatic heterocycles. The minimum atomic E-state index is 0.473. The molecule has 0 spiro atoms. The molecule has 16 heavy (non-hydrogen) atoms. The zero-order valence-electron chi connectivity index (χ0n) is 9.95. The lowest BCUT2D eigenvalue weighted by atomic mass is 9.93. The molecule has 3 nitrogen and oxygen atoms in total. The summed E-state index contributed by atoms with van der Waals surface area (Å²) in [6.07, 6.45) is 1.00. The van der Waals surface area contributed by atoms with Gasteiger partial charge in [0.25, 0.3) is 0 Å². The molecule has 2 N–H and O–H groups in total. The molecule has 0 saturated heterocycles. The van der Waals surface area contributed by atoms with Crippen molar-refractivity contribution < 1.29 is 9.47 Å². The van der Waals surface area contributed by atoms with E-state index in [1.165, 1.54) is 11.1 Å². The average Bonchev–Trinajstić information content (AvgIpc) is 2.30. The van der Waals surface area contributed by atoms with Gasteiger partial charge >= 0.3 is 0 Å². The number of nitrogens with two attached hydrogens (primary N) is 1. The molecule has 1 aliphatic rings. The molecule has 1 atom stereocenters. The minimum absolute atomic E-state index is 0.473. The van der Waals surface area contributed by atoms with Crippen LogP contribution in [0.15, 0.2) is 12.1 Å². The molecule has 0 fully saturated rings. The lowest BCUT2D eigenvalue weighted by Crippen LogP contribution is -2.17. The van der Waals surface area contributed by atoms with Gasteiger partial charge in [0, 0.05) is 0 Å². The molecule has 88 valence electrons. The minimum Gasteiger partial charge on any atom is -0.486 e. The summed E-state index contributed by atoms with van der Waals surface area (Å²) in [6.45, 7) is 6.29. The van der Waals surface area contributed by atoms with E-state index in [2.05, 4.69) is 19.9 Å². The summed E-state index contributed by atoms with van der Waals surface area (Å²) < 4.78 is 11.2. The Morgan fingerprint density at radius 3 is 2.81 bits per heavy atom. The Morgan fingerprint density at radius 2 is 2.06 bits per heavy atom. The van der Waals surface area contributed by atoms with Crippen LogP contribution in [-0.2, 0) is 0 Å². The van der Waals surface area contributed by atoms with E-state index in [-0.39, 0.29) is 0 Å². The fraction of sp³-hybridized carbons (Fsp3) is 0.538. The van der Waals surface area contributed by atoms with Crippen LogP contribution in [0, 0.1) is 6.92 Å². The van der Waals surface area contributed by atoms with Crippen LogP contribution >= 0.6 is 0 Å². The molecule has 2 rings (SSSR count). The Balaban J connectivity index is 2.33. The topological polar surface area (TPSA) is 44.5 Å². The highest BCUT2D eigenvalue weighted by Crippen LogP contribution is 2.38. The number of fused-ring (bicyclic) bond motifs is 1. The highest BCUT2D eigenvalue weighted by atomic mass is 16.6. The third-order valence-corrected chi connectivity index (χ3v) is 3.13. The van der Waals surface area contributed by atoms with Crippen molar-refractivity contribution in [2.75, 3.05) is 19.8 Å². The molecule has 1 aromatic rings. The van der Waals surface area contributed by atoms with Gasteiger partial charge < -0.3 is 15.2 Å². The predicted molar refractivity (Wildman–Crippen MR) is 64.3 cm³/mol. The Labute approximate surface area is 96.5 Å². The zero-order chi connectivity index (χ0) is 11.5. The molecular formula is C13H19NO2. The van der Waals surface area contributed by atoms with Crippen LogP contribution in [0.2, 0.25) is 0 Å². The lowest BCUT2D eigenvalue weighted by Gasteiger charge is -2.23. The molecule has 1 unspecified atom stereocenters. The van der Waals surface area contributed by atoms with Crippen molar-refractivity contribution in [2.24, 2.45) is 5.73 Å². The first-order valence-corrected chi connectivity index (χ1v) is 5.83. The SMILES string of the molecule is Cc1c(C(C)CCN)ccc2c1OCCO2. The number of hydrogen-bond donors (Lipinski definition) is 1. The molecule has 0 aliphatic carbocycles. The molecule has 0 radical (unpaired) electrons. The third-order valence-electron chi connectivity index (χ3n) is 3.13. The van der Waals surface area contributed by atoms with Crippen LogP contribution in [0.3, 0.4) is 0 Å². The molecule has 1 aromatic carbocycles. The van der Waals surface area contributed by atoms with Crippen molar-refractivity contribution in [3.05, 3.63) is 23.3 Å². The van der Waals surface area contributed by atoms with Gasteiger partial charge in [0.05, 0.1) is 0 Å². The maximum absolute atomic E-state index is 5.67. The largest absolute Gasteiger partial charge is 0.486 e. The second kappa shape index (κ2) is 4.74. The summed E-state index contributed by atoms with van der Waals surface area (Å²) in [6, 6.07) is 4.13. The highest BCUT2D eigenvalue weighted by molar-refractivity contribution is 5.51. The van der Waals surface area contributed by atoms with Crippen LogP contribution in [0.1, 0.15) is 30.4 Å². The van der Waals surface area contributed by atoms with Crippen LogP contribution in [-0.4, -0.2) is 19.8 Å². The van der Waals surface area contributed by atoms with Crippen LogP contribution in [0.4, 0.5) is 0 Å². The van der Waals surface area contributed by atoms with Gasteiger partial charge in [-0.25, -0.2) is 0 Å². The predicted octanol–water partition coefficient (Wildman–Crippen LogP) is 2.22. The van der Waals surface area contributed by atoms with Crippen molar-refractivity contribution in [1.29, 1.82) is 0 Å². The summed E-state index contributed by atoms with van der Waals surface area (Å²) in [5.74, 6) is 2.25. The van der Waals surface area contributed by atoms with E-state index in [4.69, 9.17) is 15.2 Å². The highest BCUT2D eigenvalue weighted by Gasteiger charge is 2.18. The molecule has 1 heterocycles. The molecule has 0 saturated carbocycles. The maximum Gasteiger partial charge on any atom is 0.164 e. The first-order valence-electron chi connectivity index (χ1n) is 5.83. The van der Waals surface area contributed by atoms with Gasteiger partial charge in [-0.15, -0.1) is 0 Å². The van der Waals surface area contributed by atoms with Crippen molar-refractivity contribution >= 4 is 0 Å². The van der Waals surface area contributed by atoms with Gasteiger partial charge in [-0.05, 0) is 43.0 Å². The number of benzene rings is 1. The summed E-state index contributed by atoms with van der Waals surface area (Å²) >= 11 is 0. The molecule has 0 amide bonds.